The molecule has 1 aromatic carbocycles. The Bertz CT molecular complexity index is 448. The van der Waals surface area contributed by atoms with Gasteiger partial charge in [0.05, 0.1) is 0 Å². The highest BCUT2D eigenvalue weighted by Gasteiger charge is 2.28. The Morgan fingerprint density at radius 1 is 1.05 bits per heavy atom. The molecule has 1 aromatic rings. The van der Waals surface area contributed by atoms with Gasteiger partial charge in [-0.25, -0.2) is 0 Å². The molecule has 3 rings (SSSR count). The van der Waals surface area contributed by atoms with Gasteiger partial charge in [-0.3, -0.25) is 4.90 Å². The number of nitrogens with zero attached hydrogens (tertiary/aromatic N) is 2. The van der Waals surface area contributed by atoms with Crippen molar-refractivity contribution in [1.82, 2.24) is 9.80 Å². The van der Waals surface area contributed by atoms with Gasteiger partial charge in [0.1, 0.15) is 0 Å². The molecule has 0 amide bonds. The molecule has 0 bridgehead atoms. The third kappa shape index (κ3) is 4.71. The average Bonchev–Trinajstić information content (AvgIpc) is 2.56. The maximum absolute atomic E-state index is 3.51. The van der Waals surface area contributed by atoms with E-state index in [1.807, 2.05) is 0 Å². The summed E-state index contributed by atoms with van der Waals surface area (Å²) in [6, 6.07) is 9.29. The van der Waals surface area contributed by atoms with E-state index in [2.05, 4.69) is 55.3 Å². The molecule has 0 aromatic heterocycles. The van der Waals surface area contributed by atoms with Gasteiger partial charge in [0.15, 0.2) is 0 Å². The van der Waals surface area contributed by atoms with Crippen LogP contribution in [0.3, 0.4) is 0 Å². The maximum atomic E-state index is 3.51. The van der Waals surface area contributed by atoms with Crippen LogP contribution < -0.4 is 5.32 Å². The van der Waals surface area contributed by atoms with Crippen LogP contribution in [0.1, 0.15) is 32.1 Å². The van der Waals surface area contributed by atoms with Crippen molar-refractivity contribution >= 4 is 21.6 Å². The first-order chi connectivity index (χ1) is 10.8. The zero-order chi connectivity index (χ0) is 15.2. The van der Waals surface area contributed by atoms with Crippen molar-refractivity contribution in [3.8, 4) is 0 Å². The number of piperazine rings is 1. The molecular formula is C18H28BrN3. The Kier molecular flexibility index (Phi) is 6.16. The van der Waals surface area contributed by atoms with Gasteiger partial charge in [-0.2, -0.15) is 0 Å². The van der Waals surface area contributed by atoms with E-state index < -0.39 is 0 Å². The highest BCUT2D eigenvalue weighted by molar-refractivity contribution is 9.10. The van der Waals surface area contributed by atoms with Gasteiger partial charge in [-0.1, -0.05) is 22.4 Å². The number of rotatable bonds is 6. The first-order valence-electron chi connectivity index (χ1n) is 8.77. The Morgan fingerprint density at radius 3 is 2.77 bits per heavy atom. The van der Waals surface area contributed by atoms with Gasteiger partial charge in [-0.05, 0) is 63.0 Å². The van der Waals surface area contributed by atoms with Crippen LogP contribution in [0.5, 0.6) is 0 Å². The van der Waals surface area contributed by atoms with Crippen molar-refractivity contribution < 1.29 is 0 Å². The minimum Gasteiger partial charge on any atom is -0.385 e. The highest BCUT2D eigenvalue weighted by Crippen LogP contribution is 2.21. The molecule has 1 atom stereocenters. The van der Waals surface area contributed by atoms with Crippen molar-refractivity contribution in [3.63, 3.8) is 0 Å². The van der Waals surface area contributed by atoms with E-state index in [9.17, 15) is 0 Å². The van der Waals surface area contributed by atoms with E-state index in [1.165, 1.54) is 70.5 Å². The van der Waals surface area contributed by atoms with E-state index in [1.54, 1.807) is 0 Å². The van der Waals surface area contributed by atoms with Gasteiger partial charge in [0.25, 0.3) is 0 Å². The zero-order valence-electron chi connectivity index (χ0n) is 13.4. The predicted octanol–water partition coefficient (Wildman–Crippen LogP) is 3.81. The fraction of sp³-hybridized carbons (Fsp3) is 0.667. The van der Waals surface area contributed by atoms with Crippen molar-refractivity contribution in [1.29, 1.82) is 0 Å². The number of benzene rings is 1. The zero-order valence-corrected chi connectivity index (χ0v) is 15.0. The molecule has 0 aliphatic carbocycles. The van der Waals surface area contributed by atoms with Crippen LogP contribution in [0.4, 0.5) is 5.69 Å². The summed E-state index contributed by atoms with van der Waals surface area (Å²) in [7, 11) is 0. The van der Waals surface area contributed by atoms with E-state index in [-0.39, 0.29) is 0 Å². The summed E-state index contributed by atoms with van der Waals surface area (Å²) in [6.45, 7) is 7.56. The van der Waals surface area contributed by atoms with Gasteiger partial charge in [0.2, 0.25) is 0 Å². The topological polar surface area (TPSA) is 18.5 Å². The summed E-state index contributed by atoms with van der Waals surface area (Å²) < 4.78 is 1.14. The number of fused-ring (bicyclic) bond motifs is 1. The molecule has 4 heteroatoms. The second-order valence-corrected chi connectivity index (χ2v) is 7.54. The molecule has 0 radical (unpaired) electrons. The van der Waals surface area contributed by atoms with Crippen LogP contribution in [0.25, 0.3) is 0 Å². The molecule has 2 aliphatic heterocycles. The summed E-state index contributed by atoms with van der Waals surface area (Å²) in [5.41, 5.74) is 1.22. The van der Waals surface area contributed by atoms with E-state index in [4.69, 9.17) is 0 Å². The van der Waals surface area contributed by atoms with Crippen LogP contribution in [0.15, 0.2) is 28.7 Å². The van der Waals surface area contributed by atoms with E-state index in [0.717, 1.165) is 17.1 Å². The predicted molar refractivity (Wildman–Crippen MR) is 97.5 cm³/mol. The summed E-state index contributed by atoms with van der Waals surface area (Å²) in [5, 5.41) is 3.51. The third-order valence-corrected chi connectivity index (χ3v) is 5.52. The van der Waals surface area contributed by atoms with Crippen molar-refractivity contribution in [2.75, 3.05) is 44.6 Å². The highest BCUT2D eigenvalue weighted by atomic mass is 79.9. The molecule has 1 unspecified atom stereocenters. The molecule has 2 fully saturated rings. The second-order valence-electron chi connectivity index (χ2n) is 6.63. The number of hydrogen-bond acceptors (Lipinski definition) is 3. The Hall–Kier alpha value is -0.580. The molecule has 3 nitrogen and oxygen atoms in total. The van der Waals surface area contributed by atoms with Crippen LogP contribution in [0.2, 0.25) is 0 Å². The summed E-state index contributed by atoms with van der Waals surface area (Å²) in [4.78, 5) is 5.40. The molecule has 2 heterocycles. The van der Waals surface area contributed by atoms with Gasteiger partial charge >= 0.3 is 0 Å². The Labute approximate surface area is 143 Å². The fourth-order valence-electron chi connectivity index (χ4n) is 3.68. The number of piperidine rings is 1. The lowest BCUT2D eigenvalue weighted by Gasteiger charge is -2.44. The lowest BCUT2D eigenvalue weighted by molar-refractivity contribution is 0.0488. The molecule has 2 aliphatic rings. The quantitative estimate of drug-likeness (QED) is 0.773. The Morgan fingerprint density at radius 2 is 1.91 bits per heavy atom. The minimum atomic E-state index is 0.850. The molecule has 0 saturated carbocycles. The normalized spacial score (nSPS) is 23.2. The lowest BCUT2D eigenvalue weighted by atomic mass is 9.99. The smallest absolute Gasteiger partial charge is 0.0340 e. The molecule has 0 spiro atoms. The number of halogens is 1. The number of nitrogens with one attached hydrogen (secondary N) is 1. The molecule has 22 heavy (non-hydrogen) atoms. The third-order valence-electron chi connectivity index (χ3n) is 5.00. The number of hydrogen-bond donors (Lipinski definition) is 1. The minimum absolute atomic E-state index is 0.850. The van der Waals surface area contributed by atoms with Crippen molar-refractivity contribution in [2.24, 2.45) is 0 Å². The maximum Gasteiger partial charge on any atom is 0.0340 e. The SMILES string of the molecule is Brc1ccc(NCCCCN2CCN3CCCCC3C2)cc1. The van der Waals surface area contributed by atoms with Gasteiger partial charge < -0.3 is 10.2 Å². The first kappa shape index (κ1) is 16.3. The molecule has 122 valence electrons. The van der Waals surface area contributed by atoms with Crippen LogP contribution in [-0.4, -0.2) is 55.1 Å². The van der Waals surface area contributed by atoms with Crippen molar-refractivity contribution in [2.45, 2.75) is 38.1 Å². The summed E-state index contributed by atoms with van der Waals surface area (Å²) in [5.74, 6) is 0. The van der Waals surface area contributed by atoms with Gasteiger partial charge in [-0.15, -0.1) is 0 Å². The lowest BCUT2D eigenvalue weighted by Crippen LogP contribution is -2.54. The summed E-state index contributed by atoms with van der Waals surface area (Å²) >= 11 is 3.47. The fourth-order valence-corrected chi connectivity index (χ4v) is 3.95. The number of unbranched alkanes of at least 4 members (excludes halogenated alkanes) is 1. The van der Waals surface area contributed by atoms with Crippen LogP contribution in [-0.2, 0) is 0 Å². The van der Waals surface area contributed by atoms with Crippen LogP contribution >= 0.6 is 15.9 Å². The second kappa shape index (κ2) is 8.32. The average molecular weight is 366 g/mol. The van der Waals surface area contributed by atoms with Gasteiger partial charge in [0, 0.05) is 42.4 Å². The molecular weight excluding hydrogens is 338 g/mol. The first-order valence-corrected chi connectivity index (χ1v) is 9.56. The van der Waals surface area contributed by atoms with E-state index in [0.29, 0.717) is 0 Å². The molecule has 1 N–H and O–H groups in total. The molecule has 2 saturated heterocycles. The van der Waals surface area contributed by atoms with Crippen molar-refractivity contribution in [3.05, 3.63) is 28.7 Å². The summed E-state index contributed by atoms with van der Waals surface area (Å²) in [6.07, 6.45) is 6.82. The number of anilines is 1. The van der Waals surface area contributed by atoms with E-state index >= 15 is 0 Å². The largest absolute Gasteiger partial charge is 0.385 e. The Balaban J connectivity index is 1.29. The standard InChI is InChI=1S/C18H28BrN3/c19-16-6-8-17(9-7-16)20-10-2-4-11-21-13-14-22-12-3-1-5-18(22)15-21/h6-9,18,20H,1-5,10-15H2. The van der Waals surface area contributed by atoms with Crippen LogP contribution in [0, 0.1) is 0 Å². The monoisotopic (exact) mass is 365 g/mol.